The monoisotopic (exact) mass is 582 g/mol. The van der Waals surface area contributed by atoms with Crippen LogP contribution in [-0.4, -0.2) is 42.6 Å². The van der Waals surface area contributed by atoms with Crippen molar-refractivity contribution in [2.45, 2.75) is 6.92 Å². The maximum atomic E-state index is 12.5. The number of esters is 1. The molecule has 2 amide bonds. The standard InChI is InChI=1S/C31H26N4O8/c1-3-42-28-18-20(4-17-27(28)43-31(38)23-7-13-25(14-8-23)35(39)40)19-32-34-30(37)22-5-11-24(12-6-22)33-29(36)21-9-15-26(41-2)16-10-21/h4-19H,3H2,1-2H3,(H,33,36)(H,34,37)/b32-19-. The van der Waals surface area contributed by atoms with Crippen molar-refractivity contribution in [3.8, 4) is 17.2 Å². The lowest BCUT2D eigenvalue weighted by atomic mass is 10.1. The molecule has 0 atom stereocenters. The molecule has 0 heterocycles. The quantitative estimate of drug-likeness (QED) is 0.0799. The number of nitrogens with zero attached hydrogens (tertiary/aromatic N) is 2. The molecule has 0 saturated carbocycles. The van der Waals surface area contributed by atoms with Crippen molar-refractivity contribution < 1.29 is 33.5 Å². The van der Waals surface area contributed by atoms with Crippen LogP contribution in [0.3, 0.4) is 0 Å². The Balaban J connectivity index is 1.35. The smallest absolute Gasteiger partial charge is 0.343 e. The summed E-state index contributed by atoms with van der Waals surface area (Å²) in [7, 11) is 1.54. The lowest BCUT2D eigenvalue weighted by molar-refractivity contribution is -0.384. The molecule has 0 fully saturated rings. The van der Waals surface area contributed by atoms with Gasteiger partial charge >= 0.3 is 5.97 Å². The summed E-state index contributed by atoms with van der Waals surface area (Å²) in [5.41, 5.74) is 4.27. The van der Waals surface area contributed by atoms with Gasteiger partial charge in [0.2, 0.25) is 0 Å². The summed E-state index contributed by atoms with van der Waals surface area (Å²) in [5, 5.41) is 17.6. The zero-order valence-corrected chi connectivity index (χ0v) is 23.1. The minimum Gasteiger partial charge on any atom is -0.497 e. The molecule has 0 saturated heterocycles. The summed E-state index contributed by atoms with van der Waals surface area (Å²) < 4.78 is 16.1. The van der Waals surface area contributed by atoms with Gasteiger partial charge in [-0.05, 0) is 91.3 Å². The SMILES string of the molecule is CCOc1cc(/C=N\NC(=O)c2ccc(NC(=O)c3ccc(OC)cc3)cc2)ccc1OC(=O)c1ccc([N+](=O)[O-])cc1. The Bertz CT molecular complexity index is 1650. The van der Waals surface area contributed by atoms with Gasteiger partial charge < -0.3 is 19.5 Å². The number of hydrazone groups is 1. The van der Waals surface area contributed by atoms with E-state index >= 15 is 0 Å². The Kier molecular flexibility index (Phi) is 9.77. The fraction of sp³-hybridized carbons (Fsp3) is 0.0968. The molecular weight excluding hydrogens is 556 g/mol. The molecule has 4 aromatic rings. The van der Waals surface area contributed by atoms with Crippen molar-refractivity contribution in [2.75, 3.05) is 19.0 Å². The van der Waals surface area contributed by atoms with Crippen molar-refractivity contribution in [1.82, 2.24) is 5.43 Å². The number of ether oxygens (including phenoxy) is 3. The lowest BCUT2D eigenvalue weighted by Crippen LogP contribution is -2.18. The van der Waals surface area contributed by atoms with Crippen molar-refractivity contribution in [2.24, 2.45) is 5.10 Å². The lowest BCUT2D eigenvalue weighted by Gasteiger charge is -2.11. The van der Waals surface area contributed by atoms with E-state index in [1.165, 1.54) is 36.5 Å². The van der Waals surface area contributed by atoms with E-state index in [9.17, 15) is 24.5 Å². The first-order valence-electron chi connectivity index (χ1n) is 12.9. The molecule has 2 N–H and O–H groups in total. The number of anilines is 1. The van der Waals surface area contributed by atoms with Crippen LogP contribution in [0, 0.1) is 10.1 Å². The largest absolute Gasteiger partial charge is 0.497 e. The van der Waals surface area contributed by atoms with Gasteiger partial charge in [0.15, 0.2) is 11.5 Å². The number of hydrogen-bond acceptors (Lipinski definition) is 9. The van der Waals surface area contributed by atoms with Crippen LogP contribution in [0.4, 0.5) is 11.4 Å². The number of nitro benzene ring substituents is 1. The van der Waals surface area contributed by atoms with Crippen molar-refractivity contribution >= 4 is 35.4 Å². The molecule has 0 aliphatic carbocycles. The molecule has 0 unspecified atom stereocenters. The van der Waals surface area contributed by atoms with E-state index < -0.39 is 16.8 Å². The average molecular weight is 583 g/mol. The molecule has 0 aliphatic rings. The van der Waals surface area contributed by atoms with Gasteiger partial charge in [-0.3, -0.25) is 19.7 Å². The van der Waals surface area contributed by atoms with Crippen LogP contribution in [0.2, 0.25) is 0 Å². The maximum Gasteiger partial charge on any atom is 0.343 e. The number of carbonyl (C=O) groups is 3. The van der Waals surface area contributed by atoms with E-state index in [1.807, 2.05) is 0 Å². The highest BCUT2D eigenvalue weighted by Gasteiger charge is 2.15. The summed E-state index contributed by atoms with van der Waals surface area (Å²) >= 11 is 0. The number of nitrogens with one attached hydrogen (secondary N) is 2. The predicted molar refractivity (Wildman–Crippen MR) is 158 cm³/mol. The molecule has 0 spiro atoms. The molecule has 0 bridgehead atoms. The van der Waals surface area contributed by atoms with Gasteiger partial charge in [-0.15, -0.1) is 0 Å². The topological polar surface area (TPSA) is 158 Å². The predicted octanol–water partition coefficient (Wildman–Crippen LogP) is 5.24. The van der Waals surface area contributed by atoms with Gasteiger partial charge in [0.25, 0.3) is 17.5 Å². The maximum absolute atomic E-state index is 12.5. The number of nitro groups is 1. The minimum atomic E-state index is -0.712. The van der Waals surface area contributed by atoms with E-state index in [4.69, 9.17) is 14.2 Å². The fourth-order valence-corrected chi connectivity index (χ4v) is 3.72. The van der Waals surface area contributed by atoms with Crippen LogP contribution in [0.5, 0.6) is 17.2 Å². The molecule has 4 rings (SSSR count). The highest BCUT2D eigenvalue weighted by molar-refractivity contribution is 6.04. The Labute approximate surface area is 246 Å². The highest BCUT2D eigenvalue weighted by atomic mass is 16.6. The first-order chi connectivity index (χ1) is 20.8. The van der Waals surface area contributed by atoms with E-state index in [0.29, 0.717) is 28.1 Å². The number of benzene rings is 4. The van der Waals surface area contributed by atoms with Crippen LogP contribution in [0.1, 0.15) is 43.6 Å². The van der Waals surface area contributed by atoms with Crippen LogP contribution in [-0.2, 0) is 0 Å². The minimum absolute atomic E-state index is 0.133. The summed E-state index contributed by atoms with van der Waals surface area (Å²) in [6.45, 7) is 2.05. The van der Waals surface area contributed by atoms with Gasteiger partial charge in [0.05, 0.1) is 30.4 Å². The number of carbonyl (C=O) groups excluding carboxylic acids is 3. The number of methoxy groups -OCH3 is 1. The molecule has 4 aromatic carbocycles. The second kappa shape index (κ2) is 14.0. The van der Waals surface area contributed by atoms with Crippen LogP contribution >= 0.6 is 0 Å². The third-order valence-corrected chi connectivity index (χ3v) is 5.92. The normalized spacial score (nSPS) is 10.6. The number of amides is 2. The molecule has 12 nitrogen and oxygen atoms in total. The van der Waals surface area contributed by atoms with Crippen LogP contribution < -0.4 is 25.0 Å². The summed E-state index contributed by atoms with van der Waals surface area (Å²) in [5.74, 6) is -0.434. The van der Waals surface area contributed by atoms with E-state index in [2.05, 4.69) is 15.8 Å². The molecule has 0 aromatic heterocycles. The van der Waals surface area contributed by atoms with E-state index in [0.717, 1.165) is 0 Å². The zero-order valence-electron chi connectivity index (χ0n) is 23.1. The third-order valence-electron chi connectivity index (χ3n) is 5.92. The second-order valence-electron chi connectivity index (χ2n) is 8.79. The van der Waals surface area contributed by atoms with Crippen LogP contribution in [0.15, 0.2) is 96.1 Å². The Morgan fingerprint density at radius 3 is 2.09 bits per heavy atom. The van der Waals surface area contributed by atoms with Gasteiger partial charge in [-0.1, -0.05) is 0 Å². The van der Waals surface area contributed by atoms with Gasteiger partial charge in [-0.2, -0.15) is 5.10 Å². The Morgan fingerprint density at radius 1 is 0.837 bits per heavy atom. The van der Waals surface area contributed by atoms with Gasteiger partial charge in [-0.25, -0.2) is 10.2 Å². The Morgan fingerprint density at radius 2 is 1.47 bits per heavy atom. The van der Waals surface area contributed by atoms with Gasteiger partial charge in [0, 0.05) is 28.9 Å². The summed E-state index contributed by atoms with van der Waals surface area (Å²) in [6, 6.07) is 22.7. The molecule has 12 heteroatoms. The fourth-order valence-electron chi connectivity index (χ4n) is 3.72. The number of rotatable bonds is 11. The summed E-state index contributed by atoms with van der Waals surface area (Å²) in [6.07, 6.45) is 1.39. The van der Waals surface area contributed by atoms with Crippen molar-refractivity contribution in [3.63, 3.8) is 0 Å². The molecule has 43 heavy (non-hydrogen) atoms. The molecule has 218 valence electrons. The third kappa shape index (κ3) is 8.01. The average Bonchev–Trinajstić information content (AvgIpc) is 3.02. The first kappa shape index (κ1) is 29.9. The molecule has 0 radical (unpaired) electrons. The van der Waals surface area contributed by atoms with Crippen molar-refractivity contribution in [3.05, 3.63) is 123 Å². The molecular formula is C31H26N4O8. The van der Waals surface area contributed by atoms with Crippen molar-refractivity contribution in [1.29, 1.82) is 0 Å². The highest BCUT2D eigenvalue weighted by Crippen LogP contribution is 2.29. The molecule has 0 aliphatic heterocycles. The van der Waals surface area contributed by atoms with Gasteiger partial charge in [0.1, 0.15) is 5.75 Å². The zero-order chi connectivity index (χ0) is 30.8. The number of hydrogen-bond donors (Lipinski definition) is 2. The summed E-state index contributed by atoms with van der Waals surface area (Å²) in [4.78, 5) is 47.8. The van der Waals surface area contributed by atoms with E-state index in [1.54, 1.807) is 74.7 Å². The second-order valence-corrected chi connectivity index (χ2v) is 8.79. The first-order valence-corrected chi connectivity index (χ1v) is 12.9. The Hall–Kier alpha value is -6.04. The number of non-ortho nitro benzene ring substituents is 1. The van der Waals surface area contributed by atoms with Crippen LogP contribution in [0.25, 0.3) is 0 Å². The van der Waals surface area contributed by atoms with E-state index in [-0.39, 0.29) is 35.3 Å².